The molecule has 1 atom stereocenters. The molecule has 0 saturated heterocycles. The molecule has 6 nitrogen and oxygen atoms in total. The van der Waals surface area contributed by atoms with Crippen molar-refractivity contribution >= 4 is 11.3 Å². The molecule has 10 heteroatoms. The van der Waals surface area contributed by atoms with E-state index in [0.29, 0.717) is 11.6 Å². The van der Waals surface area contributed by atoms with Gasteiger partial charge in [-0.05, 0) is 36.6 Å². The van der Waals surface area contributed by atoms with Gasteiger partial charge in [0.1, 0.15) is 22.4 Å². The predicted molar refractivity (Wildman–Crippen MR) is 115 cm³/mol. The number of hydrogen-bond acceptors (Lipinski definition) is 7. The summed E-state index contributed by atoms with van der Waals surface area (Å²) in [5.41, 5.74) is 6.24. The molecule has 0 aliphatic carbocycles. The van der Waals surface area contributed by atoms with E-state index in [0.717, 1.165) is 30.2 Å². The first-order chi connectivity index (χ1) is 15.4. The van der Waals surface area contributed by atoms with Crippen LogP contribution in [0.25, 0.3) is 10.6 Å². The molecule has 0 aliphatic rings. The molecule has 0 saturated carbocycles. The summed E-state index contributed by atoms with van der Waals surface area (Å²) >= 11 is 1.04. The molecule has 3 N–H and O–H groups in total. The van der Waals surface area contributed by atoms with Gasteiger partial charge in [-0.15, -0.1) is 10.2 Å². The number of nitrogens with two attached hydrogens (primary N) is 1. The van der Waals surface area contributed by atoms with Crippen molar-refractivity contribution in [2.45, 2.75) is 25.1 Å². The second kappa shape index (κ2) is 11.4. The summed E-state index contributed by atoms with van der Waals surface area (Å²) in [5, 5.41) is 17.4. The van der Waals surface area contributed by atoms with E-state index in [1.807, 2.05) is 30.3 Å². The van der Waals surface area contributed by atoms with E-state index < -0.39 is 17.8 Å². The summed E-state index contributed by atoms with van der Waals surface area (Å²) in [5.74, 6) is -0.272. The first-order valence-electron chi connectivity index (χ1n) is 10.0. The zero-order valence-corrected chi connectivity index (χ0v) is 18.0. The Morgan fingerprint density at radius 1 is 1.03 bits per heavy atom. The van der Waals surface area contributed by atoms with Crippen molar-refractivity contribution in [3.63, 3.8) is 0 Å². The monoisotopic (exact) mass is 467 g/mol. The maximum absolute atomic E-state index is 13.6. The van der Waals surface area contributed by atoms with E-state index in [2.05, 4.69) is 10.2 Å². The zero-order valence-electron chi connectivity index (χ0n) is 17.2. The second-order valence-electron chi connectivity index (χ2n) is 6.99. The number of ether oxygens (including phenoxy) is 2. The fraction of sp³-hybridized carbons (Fsp3) is 0.364. The number of hydrogen-bond donors (Lipinski definition) is 2. The maximum atomic E-state index is 13.6. The van der Waals surface area contributed by atoms with Crippen molar-refractivity contribution in [2.24, 2.45) is 5.73 Å². The molecule has 172 valence electrons. The minimum atomic E-state index is -4.60. The quantitative estimate of drug-likeness (QED) is 0.410. The third-order valence-corrected chi connectivity index (χ3v) is 5.67. The van der Waals surface area contributed by atoms with Crippen LogP contribution in [0.3, 0.4) is 0 Å². The van der Waals surface area contributed by atoms with Crippen molar-refractivity contribution < 1.29 is 27.8 Å². The van der Waals surface area contributed by atoms with Gasteiger partial charge in [-0.25, -0.2) is 0 Å². The van der Waals surface area contributed by atoms with Gasteiger partial charge < -0.3 is 20.3 Å². The molecule has 0 amide bonds. The van der Waals surface area contributed by atoms with Gasteiger partial charge in [-0.2, -0.15) is 13.2 Å². The number of aliphatic hydroxyl groups is 1. The Labute approximate surface area is 187 Å². The molecule has 3 rings (SSSR count). The van der Waals surface area contributed by atoms with Gasteiger partial charge in [0.15, 0.2) is 0 Å². The lowest BCUT2D eigenvalue weighted by Gasteiger charge is -2.15. The third-order valence-electron chi connectivity index (χ3n) is 4.57. The molecule has 0 spiro atoms. The topological polar surface area (TPSA) is 90.5 Å². The normalized spacial score (nSPS) is 12.7. The molecule has 0 radical (unpaired) electrons. The Morgan fingerprint density at radius 2 is 1.81 bits per heavy atom. The van der Waals surface area contributed by atoms with Crippen molar-refractivity contribution in [2.75, 3.05) is 26.4 Å². The van der Waals surface area contributed by atoms with Gasteiger partial charge in [-0.1, -0.05) is 41.7 Å². The van der Waals surface area contributed by atoms with Gasteiger partial charge in [0, 0.05) is 12.2 Å². The summed E-state index contributed by atoms with van der Waals surface area (Å²) < 4.78 is 51.5. The lowest BCUT2D eigenvalue weighted by Crippen LogP contribution is -2.13. The van der Waals surface area contributed by atoms with Crippen LogP contribution in [0.5, 0.6) is 5.75 Å². The van der Waals surface area contributed by atoms with Crippen molar-refractivity contribution in [1.82, 2.24) is 10.2 Å². The Hall–Kier alpha value is -2.53. The second-order valence-corrected chi connectivity index (χ2v) is 8.00. The first kappa shape index (κ1) is 24.1. The highest BCUT2D eigenvalue weighted by Crippen LogP contribution is 2.39. The lowest BCUT2D eigenvalue weighted by atomic mass is 10.1. The van der Waals surface area contributed by atoms with Crippen LogP contribution in [-0.2, 0) is 17.3 Å². The fourth-order valence-electron chi connectivity index (χ4n) is 2.93. The number of rotatable bonds is 11. The zero-order chi connectivity index (χ0) is 23.0. The number of alkyl halides is 3. The largest absolute Gasteiger partial charge is 0.491 e. The number of aryl methyl sites for hydroxylation is 1. The first-order valence-corrected chi connectivity index (χ1v) is 10.9. The highest BCUT2D eigenvalue weighted by molar-refractivity contribution is 7.14. The Balaban J connectivity index is 1.55. The molecule has 1 aromatic heterocycles. The van der Waals surface area contributed by atoms with Gasteiger partial charge in [0.2, 0.25) is 0 Å². The van der Waals surface area contributed by atoms with Crippen molar-refractivity contribution in [3.05, 3.63) is 64.7 Å². The molecule has 0 fully saturated rings. The summed E-state index contributed by atoms with van der Waals surface area (Å²) in [6, 6.07) is 13.0. The van der Waals surface area contributed by atoms with Crippen LogP contribution < -0.4 is 10.5 Å². The van der Waals surface area contributed by atoms with Crippen LogP contribution >= 0.6 is 11.3 Å². The van der Waals surface area contributed by atoms with Gasteiger partial charge in [-0.3, -0.25) is 0 Å². The average molecular weight is 468 g/mol. The van der Waals surface area contributed by atoms with Gasteiger partial charge >= 0.3 is 6.18 Å². The predicted octanol–water partition coefficient (Wildman–Crippen LogP) is 4.24. The summed E-state index contributed by atoms with van der Waals surface area (Å²) in [6.45, 7) is 0.358. The third kappa shape index (κ3) is 6.73. The highest BCUT2D eigenvalue weighted by atomic mass is 32.1. The minimum Gasteiger partial charge on any atom is -0.491 e. The van der Waals surface area contributed by atoms with E-state index in [-0.39, 0.29) is 36.1 Å². The molecular formula is C22H24F3N3O3S. The average Bonchev–Trinajstić information content (AvgIpc) is 3.28. The standard InChI is InChI=1S/C22H24F3N3O3S/c23-22(24,25)17-13-16(20-27-28-21(32-20)18(26)14-29)8-9-19(17)31-12-11-30-10-4-7-15-5-2-1-3-6-15/h1-3,5-6,8-9,13,18,29H,4,7,10-12,14,26H2. The van der Waals surface area contributed by atoms with Crippen LogP contribution in [0.1, 0.15) is 28.6 Å². The van der Waals surface area contributed by atoms with Crippen LogP contribution in [0, 0.1) is 0 Å². The minimum absolute atomic E-state index is 0.00206. The van der Waals surface area contributed by atoms with Gasteiger partial charge in [0.05, 0.1) is 24.8 Å². The van der Waals surface area contributed by atoms with E-state index >= 15 is 0 Å². The number of aromatic nitrogens is 2. The Morgan fingerprint density at radius 3 is 2.53 bits per heavy atom. The fourth-order valence-corrected chi connectivity index (χ4v) is 3.76. The molecule has 0 bridgehead atoms. The summed E-state index contributed by atoms with van der Waals surface area (Å²) in [4.78, 5) is 0. The summed E-state index contributed by atoms with van der Waals surface area (Å²) in [7, 11) is 0. The van der Waals surface area contributed by atoms with Crippen molar-refractivity contribution in [3.8, 4) is 16.3 Å². The number of nitrogens with zero attached hydrogens (tertiary/aromatic N) is 2. The van der Waals surface area contributed by atoms with Crippen LogP contribution in [0.15, 0.2) is 48.5 Å². The molecule has 1 heterocycles. The summed E-state index contributed by atoms with van der Waals surface area (Å²) in [6.07, 6.45) is -2.91. The molecule has 0 aliphatic heterocycles. The van der Waals surface area contributed by atoms with Crippen LogP contribution in [0.4, 0.5) is 13.2 Å². The van der Waals surface area contributed by atoms with E-state index in [1.54, 1.807) is 0 Å². The molecule has 32 heavy (non-hydrogen) atoms. The van der Waals surface area contributed by atoms with Crippen molar-refractivity contribution in [1.29, 1.82) is 0 Å². The Bertz CT molecular complexity index is 983. The maximum Gasteiger partial charge on any atom is 0.419 e. The van der Waals surface area contributed by atoms with E-state index in [4.69, 9.17) is 20.3 Å². The number of halogens is 3. The number of benzene rings is 2. The van der Waals surface area contributed by atoms with Gasteiger partial charge in [0.25, 0.3) is 0 Å². The molecule has 3 aromatic rings. The lowest BCUT2D eigenvalue weighted by molar-refractivity contribution is -0.139. The Kier molecular flexibility index (Phi) is 8.57. The molecular weight excluding hydrogens is 443 g/mol. The number of aliphatic hydroxyl groups excluding tert-OH is 1. The molecule has 1 unspecified atom stereocenters. The smallest absolute Gasteiger partial charge is 0.419 e. The highest BCUT2D eigenvalue weighted by Gasteiger charge is 2.35. The van der Waals surface area contributed by atoms with Crippen LogP contribution in [-0.4, -0.2) is 41.7 Å². The SMILES string of the molecule is NC(CO)c1nnc(-c2ccc(OCCOCCCc3ccccc3)c(C(F)(F)F)c2)s1. The molecule has 2 aromatic carbocycles. The van der Waals surface area contributed by atoms with Crippen LogP contribution in [0.2, 0.25) is 0 Å². The van der Waals surface area contributed by atoms with E-state index in [9.17, 15) is 13.2 Å². The van der Waals surface area contributed by atoms with E-state index in [1.165, 1.54) is 17.7 Å².